The predicted molar refractivity (Wildman–Crippen MR) is 84.9 cm³/mol. The minimum Gasteiger partial charge on any atom is -0.378 e. The second-order valence-electron chi connectivity index (χ2n) is 6.29. The summed E-state index contributed by atoms with van der Waals surface area (Å²) in [6, 6.07) is 0. The highest BCUT2D eigenvalue weighted by Gasteiger charge is 2.37. The topological polar surface area (TPSA) is 93.0 Å². The minimum absolute atomic E-state index is 0.0250. The normalized spacial score (nSPS) is 23.4. The summed E-state index contributed by atoms with van der Waals surface area (Å²) in [6.45, 7) is 6.07. The van der Waals surface area contributed by atoms with Gasteiger partial charge in [0.2, 0.25) is 15.9 Å². The van der Waals surface area contributed by atoms with Gasteiger partial charge in [-0.3, -0.25) is 4.79 Å². The van der Waals surface area contributed by atoms with Crippen LogP contribution in [-0.2, 0) is 19.6 Å². The van der Waals surface area contributed by atoms with Crippen molar-refractivity contribution in [3.63, 3.8) is 0 Å². The fourth-order valence-corrected chi connectivity index (χ4v) is 5.19. The van der Waals surface area contributed by atoms with Crippen LogP contribution < -0.4 is 0 Å². The second-order valence-corrected chi connectivity index (χ2v) is 8.17. The van der Waals surface area contributed by atoms with Gasteiger partial charge in [0, 0.05) is 26.2 Å². The molecule has 0 spiro atoms. The van der Waals surface area contributed by atoms with E-state index >= 15 is 0 Å². The van der Waals surface area contributed by atoms with Gasteiger partial charge >= 0.3 is 0 Å². The molecule has 2 aliphatic rings. The number of carbonyl (C=O) groups is 1. The molecule has 9 heteroatoms. The molecule has 1 amide bonds. The van der Waals surface area contributed by atoms with E-state index in [9.17, 15) is 13.2 Å². The van der Waals surface area contributed by atoms with Gasteiger partial charge in [0.05, 0.1) is 19.1 Å². The van der Waals surface area contributed by atoms with E-state index in [-0.39, 0.29) is 29.0 Å². The fraction of sp³-hybridized carbons (Fsp3) is 0.733. The first-order valence-corrected chi connectivity index (χ1v) is 9.65. The van der Waals surface area contributed by atoms with Crippen molar-refractivity contribution in [2.75, 3.05) is 39.4 Å². The van der Waals surface area contributed by atoms with Crippen molar-refractivity contribution >= 4 is 15.9 Å². The van der Waals surface area contributed by atoms with E-state index in [0.717, 1.165) is 0 Å². The zero-order valence-electron chi connectivity index (χ0n) is 14.0. The summed E-state index contributed by atoms with van der Waals surface area (Å²) in [4.78, 5) is 14.6. The molecule has 2 fully saturated rings. The molecule has 8 nitrogen and oxygen atoms in total. The number of aromatic nitrogens is 1. The molecule has 1 aromatic heterocycles. The van der Waals surface area contributed by atoms with Crippen LogP contribution in [0.1, 0.15) is 24.3 Å². The highest BCUT2D eigenvalue weighted by atomic mass is 32.2. The molecule has 2 saturated heterocycles. The van der Waals surface area contributed by atoms with Crippen LogP contribution in [0.15, 0.2) is 9.42 Å². The number of piperidine rings is 1. The Balaban J connectivity index is 1.76. The molecule has 134 valence electrons. The Morgan fingerprint density at radius 1 is 1.21 bits per heavy atom. The summed E-state index contributed by atoms with van der Waals surface area (Å²) >= 11 is 0. The monoisotopic (exact) mass is 357 g/mol. The largest absolute Gasteiger partial charge is 0.378 e. The first-order chi connectivity index (χ1) is 11.4. The number of nitrogens with zero attached hydrogens (tertiary/aromatic N) is 3. The summed E-state index contributed by atoms with van der Waals surface area (Å²) < 4.78 is 37.5. The van der Waals surface area contributed by atoms with Crippen molar-refractivity contribution in [2.24, 2.45) is 5.92 Å². The lowest BCUT2D eigenvalue weighted by atomic mass is 9.98. The highest BCUT2D eigenvalue weighted by molar-refractivity contribution is 7.89. The molecule has 0 aromatic carbocycles. The smallest absolute Gasteiger partial charge is 0.248 e. The summed E-state index contributed by atoms with van der Waals surface area (Å²) in [5, 5.41) is 3.73. The van der Waals surface area contributed by atoms with Crippen molar-refractivity contribution in [2.45, 2.75) is 31.6 Å². The minimum atomic E-state index is -3.70. The Morgan fingerprint density at radius 3 is 2.54 bits per heavy atom. The molecule has 0 saturated carbocycles. The standard InChI is InChI=1S/C15H23N3O5S/c1-11-14(12(2)23-16-11)24(20,21)18-5-3-4-13(10-18)15(19)17-6-8-22-9-7-17/h13H,3-10H2,1-2H3/t13-/m0/s1. The van der Waals surface area contributed by atoms with Crippen LogP contribution in [0.2, 0.25) is 0 Å². The number of rotatable bonds is 3. The second kappa shape index (κ2) is 6.81. The molecule has 0 aliphatic carbocycles. The van der Waals surface area contributed by atoms with Gasteiger partial charge in [0.25, 0.3) is 0 Å². The van der Waals surface area contributed by atoms with E-state index in [1.807, 2.05) is 0 Å². The number of morpholine rings is 1. The van der Waals surface area contributed by atoms with E-state index in [0.29, 0.717) is 51.4 Å². The number of hydrogen-bond donors (Lipinski definition) is 0. The molecular formula is C15H23N3O5S. The van der Waals surface area contributed by atoms with Gasteiger partial charge in [-0.25, -0.2) is 8.42 Å². The van der Waals surface area contributed by atoms with E-state index in [4.69, 9.17) is 9.26 Å². The number of aryl methyl sites for hydroxylation is 2. The maximum absolute atomic E-state index is 12.9. The van der Waals surface area contributed by atoms with Crippen molar-refractivity contribution in [3.05, 3.63) is 11.5 Å². The maximum Gasteiger partial charge on any atom is 0.248 e. The lowest BCUT2D eigenvalue weighted by molar-refractivity contribution is -0.140. The molecule has 24 heavy (non-hydrogen) atoms. The summed E-state index contributed by atoms with van der Waals surface area (Å²) in [7, 11) is -3.70. The third kappa shape index (κ3) is 3.20. The lowest BCUT2D eigenvalue weighted by Crippen LogP contribution is -2.49. The number of ether oxygens (including phenoxy) is 1. The number of carbonyl (C=O) groups excluding carboxylic acids is 1. The van der Waals surface area contributed by atoms with Crippen molar-refractivity contribution in [3.8, 4) is 0 Å². The van der Waals surface area contributed by atoms with Gasteiger partial charge in [-0.2, -0.15) is 4.31 Å². The molecule has 0 radical (unpaired) electrons. The molecule has 0 bridgehead atoms. The van der Waals surface area contributed by atoms with Gasteiger partial charge in [-0.15, -0.1) is 0 Å². The van der Waals surface area contributed by atoms with Gasteiger partial charge in [-0.05, 0) is 26.7 Å². The van der Waals surface area contributed by atoms with Crippen LogP contribution in [0, 0.1) is 19.8 Å². The fourth-order valence-electron chi connectivity index (χ4n) is 3.38. The quantitative estimate of drug-likeness (QED) is 0.784. The molecule has 1 atom stereocenters. The number of hydrogen-bond acceptors (Lipinski definition) is 6. The average Bonchev–Trinajstić information content (AvgIpc) is 2.94. The van der Waals surface area contributed by atoms with Crippen LogP contribution in [0.4, 0.5) is 0 Å². The SMILES string of the molecule is Cc1noc(C)c1S(=O)(=O)N1CCC[C@H](C(=O)N2CCOCC2)C1. The van der Waals surface area contributed by atoms with Crippen LogP contribution in [0.3, 0.4) is 0 Å². The maximum atomic E-state index is 12.9. The zero-order valence-corrected chi connectivity index (χ0v) is 14.8. The molecule has 0 unspecified atom stereocenters. The summed E-state index contributed by atoms with van der Waals surface area (Å²) in [5.74, 6) is 0.0122. The number of sulfonamides is 1. The Morgan fingerprint density at radius 2 is 1.92 bits per heavy atom. The van der Waals surface area contributed by atoms with Gasteiger partial charge in [-0.1, -0.05) is 5.16 Å². The third-order valence-corrected chi connectivity index (χ3v) is 6.73. The summed E-state index contributed by atoms with van der Waals surface area (Å²) in [5.41, 5.74) is 0.356. The lowest BCUT2D eigenvalue weighted by Gasteiger charge is -2.35. The molecule has 2 aliphatic heterocycles. The van der Waals surface area contributed by atoms with Crippen LogP contribution in [0.5, 0.6) is 0 Å². The average molecular weight is 357 g/mol. The number of amides is 1. The molecule has 1 aromatic rings. The van der Waals surface area contributed by atoms with Crippen LogP contribution >= 0.6 is 0 Å². The molecule has 3 heterocycles. The van der Waals surface area contributed by atoms with E-state index in [1.54, 1.807) is 18.7 Å². The molecular weight excluding hydrogens is 334 g/mol. The van der Waals surface area contributed by atoms with Crippen LogP contribution in [0.25, 0.3) is 0 Å². The van der Waals surface area contributed by atoms with Gasteiger partial charge in [0.15, 0.2) is 5.76 Å². The summed E-state index contributed by atoms with van der Waals surface area (Å²) in [6.07, 6.45) is 1.38. The Labute approximate surface area is 141 Å². The zero-order chi connectivity index (χ0) is 17.3. The van der Waals surface area contributed by atoms with Crippen molar-refractivity contribution < 1.29 is 22.5 Å². The first kappa shape index (κ1) is 17.4. The van der Waals surface area contributed by atoms with E-state index in [1.165, 1.54) is 4.31 Å². The highest BCUT2D eigenvalue weighted by Crippen LogP contribution is 2.28. The Hall–Kier alpha value is -1.45. The van der Waals surface area contributed by atoms with Gasteiger partial charge < -0.3 is 14.2 Å². The van der Waals surface area contributed by atoms with E-state index in [2.05, 4.69) is 5.16 Å². The molecule has 0 N–H and O–H groups in total. The Kier molecular flexibility index (Phi) is 4.93. The predicted octanol–water partition coefficient (Wildman–Crippen LogP) is 0.551. The molecule has 3 rings (SSSR count). The Bertz CT molecular complexity index is 689. The van der Waals surface area contributed by atoms with Crippen LogP contribution in [-0.4, -0.2) is 68.1 Å². The first-order valence-electron chi connectivity index (χ1n) is 8.21. The van der Waals surface area contributed by atoms with Crippen molar-refractivity contribution in [1.82, 2.24) is 14.4 Å². The van der Waals surface area contributed by atoms with E-state index < -0.39 is 10.0 Å². The van der Waals surface area contributed by atoms with Gasteiger partial charge in [0.1, 0.15) is 10.6 Å². The van der Waals surface area contributed by atoms with Crippen molar-refractivity contribution in [1.29, 1.82) is 0 Å². The third-order valence-electron chi connectivity index (χ3n) is 4.62.